The van der Waals surface area contributed by atoms with Crippen LogP contribution in [-0.4, -0.2) is 26.0 Å². The molecule has 2 aromatic carbocycles. The van der Waals surface area contributed by atoms with Gasteiger partial charge in [0.2, 0.25) is 0 Å². The van der Waals surface area contributed by atoms with Gasteiger partial charge in [-0.2, -0.15) is 0 Å². The number of hydrogen-bond donors (Lipinski definition) is 1. The van der Waals surface area contributed by atoms with Crippen LogP contribution in [0.4, 0.5) is 8.78 Å². The second-order valence-electron chi connectivity index (χ2n) is 5.26. The number of carbonyl (C=O) groups is 2. The number of methoxy groups -OCH3 is 2. The summed E-state index contributed by atoms with van der Waals surface area (Å²) in [7, 11) is 2.77. The summed E-state index contributed by atoms with van der Waals surface area (Å²) >= 11 is 1.15. The first-order chi connectivity index (χ1) is 12.4. The van der Waals surface area contributed by atoms with Crippen molar-refractivity contribution in [3.8, 4) is 11.5 Å². The highest BCUT2D eigenvalue weighted by Gasteiger charge is 2.22. The van der Waals surface area contributed by atoms with Crippen LogP contribution in [0, 0.1) is 11.6 Å². The Morgan fingerprint density at radius 2 is 1.58 bits per heavy atom. The van der Waals surface area contributed by atoms with E-state index < -0.39 is 29.0 Å². The minimum absolute atomic E-state index is 0.0682. The first-order valence-corrected chi connectivity index (χ1v) is 8.21. The van der Waals surface area contributed by atoms with E-state index in [9.17, 15) is 18.4 Å². The van der Waals surface area contributed by atoms with Crippen molar-refractivity contribution in [2.45, 2.75) is 0 Å². The van der Waals surface area contributed by atoms with E-state index in [4.69, 9.17) is 9.47 Å². The molecule has 0 aliphatic rings. The highest BCUT2D eigenvalue weighted by Crippen LogP contribution is 2.29. The summed E-state index contributed by atoms with van der Waals surface area (Å²) in [6, 6.07) is 8.58. The number of fused-ring (bicyclic) bond motifs is 1. The molecule has 0 aliphatic carbocycles. The van der Waals surface area contributed by atoms with E-state index in [-0.39, 0.29) is 10.6 Å². The van der Waals surface area contributed by atoms with Gasteiger partial charge < -0.3 is 9.47 Å². The van der Waals surface area contributed by atoms with Gasteiger partial charge in [0.1, 0.15) is 28.7 Å². The number of ether oxygens (including phenoxy) is 2. The average Bonchev–Trinajstić information content (AvgIpc) is 3.04. The van der Waals surface area contributed by atoms with Crippen molar-refractivity contribution >= 4 is 33.2 Å². The zero-order chi connectivity index (χ0) is 18.8. The van der Waals surface area contributed by atoms with E-state index in [0.29, 0.717) is 5.75 Å². The summed E-state index contributed by atoms with van der Waals surface area (Å²) in [4.78, 5) is 24.6. The SMILES string of the molecule is COc1cc(F)c(C(=O)NC(=O)c2cc3cc(OC)ccc3s2)c(F)c1. The number of benzene rings is 2. The maximum atomic E-state index is 13.9. The van der Waals surface area contributed by atoms with Crippen LogP contribution in [0.5, 0.6) is 11.5 Å². The number of imide groups is 1. The molecule has 2 amide bonds. The number of carbonyl (C=O) groups excluding carboxylic acids is 2. The Bertz CT molecular complexity index is 993. The van der Waals surface area contributed by atoms with Gasteiger partial charge in [-0.05, 0) is 29.7 Å². The minimum Gasteiger partial charge on any atom is -0.497 e. The van der Waals surface area contributed by atoms with Crippen molar-refractivity contribution in [3.05, 3.63) is 58.5 Å². The van der Waals surface area contributed by atoms with Crippen LogP contribution in [0.3, 0.4) is 0 Å². The molecule has 1 heterocycles. The van der Waals surface area contributed by atoms with Gasteiger partial charge in [-0.1, -0.05) is 0 Å². The molecule has 0 unspecified atom stereocenters. The smallest absolute Gasteiger partial charge is 0.268 e. The van der Waals surface area contributed by atoms with Crippen molar-refractivity contribution in [2.75, 3.05) is 14.2 Å². The van der Waals surface area contributed by atoms with Gasteiger partial charge >= 0.3 is 0 Å². The summed E-state index contributed by atoms with van der Waals surface area (Å²) < 4.78 is 38.5. The molecule has 8 heteroatoms. The van der Waals surface area contributed by atoms with Crippen molar-refractivity contribution in [2.24, 2.45) is 0 Å². The van der Waals surface area contributed by atoms with Crippen molar-refractivity contribution in [1.29, 1.82) is 0 Å². The summed E-state index contributed by atoms with van der Waals surface area (Å²) in [6.45, 7) is 0. The van der Waals surface area contributed by atoms with Crippen LogP contribution in [-0.2, 0) is 0 Å². The molecule has 1 N–H and O–H groups in total. The third-order valence-corrected chi connectivity index (χ3v) is 4.77. The van der Waals surface area contributed by atoms with Gasteiger partial charge in [0, 0.05) is 16.8 Å². The molecule has 26 heavy (non-hydrogen) atoms. The van der Waals surface area contributed by atoms with Gasteiger partial charge in [0.05, 0.1) is 19.1 Å². The highest BCUT2D eigenvalue weighted by molar-refractivity contribution is 7.20. The monoisotopic (exact) mass is 377 g/mol. The normalized spacial score (nSPS) is 10.6. The fourth-order valence-electron chi connectivity index (χ4n) is 2.37. The molecular formula is C18H13F2NO4S. The summed E-state index contributed by atoms with van der Waals surface area (Å²) in [5.74, 6) is -3.59. The first-order valence-electron chi connectivity index (χ1n) is 7.39. The van der Waals surface area contributed by atoms with Crippen LogP contribution >= 0.6 is 11.3 Å². The average molecular weight is 377 g/mol. The van der Waals surface area contributed by atoms with Gasteiger partial charge in [-0.25, -0.2) is 8.78 Å². The standard InChI is InChI=1S/C18H13F2NO4S/c1-24-10-3-4-14-9(5-10)6-15(26-14)17(22)21-18(23)16-12(19)7-11(25-2)8-13(16)20/h3-8H,1-2H3,(H,21,22,23). The quantitative estimate of drug-likeness (QED) is 0.703. The predicted octanol–water partition coefficient (Wildman–Crippen LogP) is 3.77. The third kappa shape index (κ3) is 3.36. The molecule has 0 saturated heterocycles. The van der Waals surface area contributed by atoms with Crippen LogP contribution in [0.2, 0.25) is 0 Å². The Morgan fingerprint density at radius 1 is 0.923 bits per heavy atom. The number of nitrogens with one attached hydrogen (secondary N) is 1. The molecule has 0 saturated carbocycles. The predicted molar refractivity (Wildman–Crippen MR) is 93.1 cm³/mol. The van der Waals surface area contributed by atoms with Gasteiger partial charge in [-0.15, -0.1) is 11.3 Å². The van der Waals surface area contributed by atoms with E-state index in [1.54, 1.807) is 24.3 Å². The molecule has 134 valence electrons. The van der Waals surface area contributed by atoms with E-state index in [1.165, 1.54) is 14.2 Å². The fourth-order valence-corrected chi connectivity index (χ4v) is 3.31. The van der Waals surface area contributed by atoms with Crippen LogP contribution in [0.15, 0.2) is 36.4 Å². The number of halogens is 2. The van der Waals surface area contributed by atoms with Crippen molar-refractivity contribution in [1.82, 2.24) is 5.32 Å². The largest absolute Gasteiger partial charge is 0.497 e. The van der Waals surface area contributed by atoms with Crippen molar-refractivity contribution in [3.63, 3.8) is 0 Å². The Kier molecular flexibility index (Phi) is 4.85. The van der Waals surface area contributed by atoms with Gasteiger partial charge in [0.15, 0.2) is 0 Å². The van der Waals surface area contributed by atoms with E-state index in [2.05, 4.69) is 0 Å². The molecule has 0 radical (unpaired) electrons. The first kappa shape index (κ1) is 17.8. The van der Waals surface area contributed by atoms with E-state index >= 15 is 0 Å². The lowest BCUT2D eigenvalue weighted by Crippen LogP contribution is -2.31. The molecule has 0 bridgehead atoms. The molecule has 3 aromatic rings. The molecule has 5 nitrogen and oxygen atoms in total. The Morgan fingerprint density at radius 3 is 2.19 bits per heavy atom. The molecular weight excluding hydrogens is 364 g/mol. The third-order valence-electron chi connectivity index (χ3n) is 3.65. The molecule has 3 rings (SSSR count). The second-order valence-corrected chi connectivity index (χ2v) is 6.35. The molecule has 0 atom stereocenters. The Balaban J connectivity index is 1.85. The summed E-state index contributed by atoms with van der Waals surface area (Å²) in [5, 5.41) is 2.76. The second kappa shape index (κ2) is 7.09. The highest BCUT2D eigenvalue weighted by atomic mass is 32.1. The minimum atomic E-state index is -1.16. The van der Waals surface area contributed by atoms with Gasteiger partial charge in [0.25, 0.3) is 11.8 Å². The Labute approximate surface area is 151 Å². The number of amides is 2. The molecule has 1 aromatic heterocycles. The number of rotatable bonds is 4. The molecule has 0 fully saturated rings. The topological polar surface area (TPSA) is 64.6 Å². The zero-order valence-electron chi connectivity index (χ0n) is 13.8. The maximum absolute atomic E-state index is 13.9. The van der Waals surface area contributed by atoms with Gasteiger partial charge in [-0.3, -0.25) is 14.9 Å². The Hall–Kier alpha value is -3.00. The lowest BCUT2D eigenvalue weighted by Gasteiger charge is -2.07. The zero-order valence-corrected chi connectivity index (χ0v) is 14.6. The van der Waals surface area contributed by atoms with Crippen molar-refractivity contribution < 1.29 is 27.8 Å². The van der Waals surface area contributed by atoms with Crippen LogP contribution in [0.1, 0.15) is 20.0 Å². The number of thiophene rings is 1. The lowest BCUT2D eigenvalue weighted by molar-refractivity contribution is 0.0847. The molecule has 0 spiro atoms. The summed E-state index contributed by atoms with van der Waals surface area (Å²) in [6.07, 6.45) is 0. The van der Waals surface area contributed by atoms with E-state index in [0.717, 1.165) is 33.6 Å². The van der Waals surface area contributed by atoms with Crippen LogP contribution in [0.25, 0.3) is 10.1 Å². The van der Waals surface area contributed by atoms with Crippen LogP contribution < -0.4 is 14.8 Å². The number of hydrogen-bond acceptors (Lipinski definition) is 5. The summed E-state index contributed by atoms with van der Waals surface area (Å²) in [5.41, 5.74) is -0.845. The maximum Gasteiger partial charge on any atom is 0.268 e. The van der Waals surface area contributed by atoms with E-state index in [1.807, 2.05) is 5.32 Å². The fraction of sp³-hybridized carbons (Fsp3) is 0.111. The molecule has 0 aliphatic heterocycles. The lowest BCUT2D eigenvalue weighted by atomic mass is 10.1.